The van der Waals surface area contributed by atoms with Crippen LogP contribution < -0.4 is 21.5 Å². The van der Waals surface area contributed by atoms with Gasteiger partial charge in [0, 0.05) is 12.0 Å². The van der Waals surface area contributed by atoms with E-state index in [0.29, 0.717) is 17.1 Å². The van der Waals surface area contributed by atoms with Crippen molar-refractivity contribution in [2.45, 2.75) is 6.42 Å². The Morgan fingerprint density at radius 1 is 1.03 bits per heavy atom. The fourth-order valence-electron chi connectivity index (χ4n) is 2.15. The third kappa shape index (κ3) is 7.25. The number of ether oxygens (including phenoxy) is 1. The lowest BCUT2D eigenvalue weighted by Crippen LogP contribution is -2.28. The summed E-state index contributed by atoms with van der Waals surface area (Å²) in [5, 5.41) is 2.71. The summed E-state index contributed by atoms with van der Waals surface area (Å²) >= 11 is 0. The zero-order valence-corrected chi connectivity index (χ0v) is 15.5. The van der Waals surface area contributed by atoms with Crippen molar-refractivity contribution in [3.05, 3.63) is 71.8 Å². The molecule has 9 heteroatoms. The van der Waals surface area contributed by atoms with E-state index >= 15 is 0 Å². The summed E-state index contributed by atoms with van der Waals surface area (Å²) in [5.41, 5.74) is 10.9. The summed E-state index contributed by atoms with van der Waals surface area (Å²) < 4.78 is 18.6. The van der Waals surface area contributed by atoms with Crippen LogP contribution in [0.15, 0.2) is 70.4 Å². The molecule has 0 aromatic heterocycles. The van der Waals surface area contributed by atoms with Gasteiger partial charge < -0.3 is 21.5 Å². The van der Waals surface area contributed by atoms with E-state index in [9.17, 15) is 14.0 Å². The lowest BCUT2D eigenvalue weighted by molar-refractivity contribution is -0.117. The van der Waals surface area contributed by atoms with Crippen molar-refractivity contribution < 1.29 is 18.7 Å². The Morgan fingerprint density at radius 3 is 2.14 bits per heavy atom. The van der Waals surface area contributed by atoms with Crippen LogP contribution in [0.1, 0.15) is 12.0 Å². The highest BCUT2D eigenvalue weighted by Gasteiger charge is 2.06. The lowest BCUT2D eigenvalue weighted by atomic mass is 10.2. The van der Waals surface area contributed by atoms with Crippen LogP contribution in [-0.4, -0.2) is 30.9 Å². The monoisotopic (exact) mass is 397 g/mol. The number of hydrogen-bond donors (Lipinski definition) is 3. The maximum absolute atomic E-state index is 13.0. The summed E-state index contributed by atoms with van der Waals surface area (Å²) in [6.07, 6.45) is 1.34. The number of aliphatic imine (C=N–C) groups is 2. The highest BCUT2D eigenvalue weighted by Crippen LogP contribution is 2.22. The lowest BCUT2D eigenvalue weighted by Gasteiger charge is -2.08. The van der Waals surface area contributed by atoms with Crippen molar-refractivity contribution in [2.75, 3.05) is 6.54 Å². The molecule has 150 valence electrons. The number of hydrogen-bond acceptors (Lipinski definition) is 5. The summed E-state index contributed by atoms with van der Waals surface area (Å²) in [6, 6.07) is 12.4. The smallest absolute Gasteiger partial charge is 0.236 e. The average Bonchev–Trinajstić information content (AvgIpc) is 2.69. The van der Waals surface area contributed by atoms with Crippen LogP contribution in [0.4, 0.5) is 4.39 Å². The molecular formula is C20H20FN5O3. The Kier molecular flexibility index (Phi) is 7.60. The SMILES string of the molecule is C=NC(=N/C(=C\CC(N)=O)NCC(N)=O)c1ccc(Oc2ccc(F)cc2)cc1. The molecule has 0 aliphatic carbocycles. The van der Waals surface area contributed by atoms with E-state index in [1.807, 2.05) is 0 Å². The quantitative estimate of drug-likeness (QED) is 0.440. The van der Waals surface area contributed by atoms with Crippen LogP contribution in [0, 0.1) is 5.82 Å². The van der Waals surface area contributed by atoms with Gasteiger partial charge in [0.1, 0.15) is 23.1 Å². The van der Waals surface area contributed by atoms with Crippen LogP contribution in [0.2, 0.25) is 0 Å². The van der Waals surface area contributed by atoms with E-state index in [1.54, 1.807) is 24.3 Å². The zero-order valence-electron chi connectivity index (χ0n) is 15.5. The number of carbonyl (C=O) groups excluding carboxylic acids is 2. The first-order valence-corrected chi connectivity index (χ1v) is 8.47. The first kappa shape index (κ1) is 21.3. The summed E-state index contributed by atoms with van der Waals surface area (Å²) in [5.74, 6) is -0.0460. The van der Waals surface area contributed by atoms with E-state index < -0.39 is 11.8 Å². The number of rotatable bonds is 9. The van der Waals surface area contributed by atoms with Gasteiger partial charge in [-0.1, -0.05) is 0 Å². The molecule has 0 unspecified atom stereocenters. The molecule has 0 aliphatic heterocycles. The molecule has 0 atom stereocenters. The third-order valence-electron chi connectivity index (χ3n) is 3.48. The van der Waals surface area contributed by atoms with Gasteiger partial charge in [-0.15, -0.1) is 0 Å². The summed E-state index contributed by atoms with van der Waals surface area (Å²) in [4.78, 5) is 30.2. The second kappa shape index (κ2) is 10.4. The first-order chi connectivity index (χ1) is 13.9. The minimum absolute atomic E-state index is 0.0839. The van der Waals surface area contributed by atoms with Crippen LogP contribution >= 0.6 is 0 Å². The Morgan fingerprint density at radius 2 is 1.62 bits per heavy atom. The molecule has 0 radical (unpaired) electrons. The number of benzene rings is 2. The van der Waals surface area contributed by atoms with Crippen molar-refractivity contribution >= 4 is 24.4 Å². The predicted octanol–water partition coefficient (Wildman–Crippen LogP) is 1.86. The number of halogens is 1. The maximum Gasteiger partial charge on any atom is 0.236 e. The molecule has 0 aliphatic rings. The highest BCUT2D eigenvalue weighted by molar-refractivity contribution is 6.02. The minimum Gasteiger partial charge on any atom is -0.457 e. The Labute approximate surface area is 166 Å². The first-order valence-electron chi connectivity index (χ1n) is 8.47. The molecule has 29 heavy (non-hydrogen) atoms. The fraction of sp³-hybridized carbons (Fsp3) is 0.100. The molecule has 2 aromatic rings. The molecule has 5 N–H and O–H groups in total. The molecule has 2 rings (SSSR count). The Balaban J connectivity index is 2.20. The van der Waals surface area contributed by atoms with Crippen molar-refractivity contribution in [3.63, 3.8) is 0 Å². The van der Waals surface area contributed by atoms with E-state index in [4.69, 9.17) is 16.2 Å². The van der Waals surface area contributed by atoms with Gasteiger partial charge >= 0.3 is 0 Å². The number of amidine groups is 1. The van der Waals surface area contributed by atoms with Crippen molar-refractivity contribution in [2.24, 2.45) is 21.5 Å². The van der Waals surface area contributed by atoms with Crippen LogP contribution in [0.25, 0.3) is 0 Å². The number of nitrogens with two attached hydrogens (primary N) is 2. The second-order valence-electron chi connectivity index (χ2n) is 5.75. The van der Waals surface area contributed by atoms with Crippen molar-refractivity contribution in [1.82, 2.24) is 5.32 Å². The molecule has 0 heterocycles. The largest absolute Gasteiger partial charge is 0.457 e. The minimum atomic E-state index is -0.597. The topological polar surface area (TPSA) is 132 Å². The number of nitrogens with one attached hydrogen (secondary N) is 1. The average molecular weight is 397 g/mol. The maximum atomic E-state index is 13.0. The second-order valence-corrected chi connectivity index (χ2v) is 5.75. The standard InChI is InChI=1S/C20H20FN5O3/c1-24-20(26-19(11-10-17(22)27)25-12-18(23)28)13-2-6-15(7-3-13)29-16-8-4-14(21)5-9-16/h2-9,11,25H,1,10,12H2,(H2,22,27)(H2,23,28)/b19-11-,26-20?. The van der Waals surface area contributed by atoms with E-state index in [2.05, 4.69) is 22.0 Å². The third-order valence-corrected chi connectivity index (χ3v) is 3.48. The molecule has 0 fully saturated rings. The van der Waals surface area contributed by atoms with Crippen LogP contribution in [-0.2, 0) is 9.59 Å². The molecule has 8 nitrogen and oxygen atoms in total. The normalized spacial score (nSPS) is 11.6. The van der Waals surface area contributed by atoms with E-state index in [0.717, 1.165) is 0 Å². The number of primary amides is 2. The summed E-state index contributed by atoms with van der Waals surface area (Å²) in [6.45, 7) is 3.32. The Bertz CT molecular complexity index is 938. The molecule has 0 saturated carbocycles. The molecule has 2 aromatic carbocycles. The van der Waals surface area contributed by atoms with Crippen LogP contribution in [0.5, 0.6) is 11.5 Å². The van der Waals surface area contributed by atoms with Gasteiger partial charge in [0.05, 0.1) is 6.54 Å². The van der Waals surface area contributed by atoms with Crippen LogP contribution in [0.3, 0.4) is 0 Å². The van der Waals surface area contributed by atoms with Gasteiger partial charge in [-0.25, -0.2) is 14.4 Å². The van der Waals surface area contributed by atoms with Gasteiger partial charge in [0.25, 0.3) is 0 Å². The zero-order chi connectivity index (χ0) is 21.2. The Hall–Kier alpha value is -4.01. The molecule has 2 amide bonds. The molecule has 0 bridgehead atoms. The molecule has 0 saturated heterocycles. The number of nitrogens with zero attached hydrogens (tertiary/aromatic N) is 2. The fourth-order valence-corrected chi connectivity index (χ4v) is 2.15. The number of amides is 2. The van der Waals surface area contributed by atoms with E-state index in [1.165, 1.54) is 30.3 Å². The predicted molar refractivity (Wildman–Crippen MR) is 108 cm³/mol. The molecular weight excluding hydrogens is 377 g/mol. The molecule has 0 spiro atoms. The number of carbonyl (C=O) groups is 2. The van der Waals surface area contributed by atoms with Gasteiger partial charge in [-0.05, 0) is 61.3 Å². The summed E-state index contributed by atoms with van der Waals surface area (Å²) in [7, 11) is 0. The van der Waals surface area contributed by atoms with Gasteiger partial charge in [0.2, 0.25) is 11.8 Å². The highest BCUT2D eigenvalue weighted by atomic mass is 19.1. The van der Waals surface area contributed by atoms with E-state index in [-0.39, 0.29) is 30.4 Å². The van der Waals surface area contributed by atoms with Gasteiger partial charge in [0.15, 0.2) is 5.84 Å². The van der Waals surface area contributed by atoms with Crippen molar-refractivity contribution in [1.29, 1.82) is 0 Å². The van der Waals surface area contributed by atoms with Crippen molar-refractivity contribution in [3.8, 4) is 11.5 Å². The van der Waals surface area contributed by atoms with Gasteiger partial charge in [-0.3, -0.25) is 9.59 Å². The van der Waals surface area contributed by atoms with Gasteiger partial charge in [-0.2, -0.15) is 0 Å².